The van der Waals surface area contributed by atoms with E-state index in [1.165, 1.54) is 0 Å². The molecule has 9 heteroatoms. The first-order valence-corrected chi connectivity index (χ1v) is 10.8. The average molecular weight is 456 g/mol. The fourth-order valence-electron chi connectivity index (χ4n) is 3.47. The summed E-state index contributed by atoms with van der Waals surface area (Å²) in [5.41, 5.74) is 0.499. The van der Waals surface area contributed by atoms with Crippen molar-refractivity contribution in [2.24, 2.45) is 0 Å². The van der Waals surface area contributed by atoms with Gasteiger partial charge in [-0.15, -0.1) is 0 Å². The Labute approximate surface area is 192 Å². The molecule has 0 unspecified atom stereocenters. The topological polar surface area (TPSA) is 103 Å². The van der Waals surface area contributed by atoms with Crippen molar-refractivity contribution in [2.45, 2.75) is 25.8 Å². The molecule has 0 aromatic heterocycles. The summed E-state index contributed by atoms with van der Waals surface area (Å²) in [4.78, 5) is 38.1. The highest BCUT2D eigenvalue weighted by molar-refractivity contribution is 5.94. The molecule has 1 N–H and O–H groups in total. The molecule has 1 aliphatic rings. The second-order valence-electron chi connectivity index (χ2n) is 7.38. The van der Waals surface area contributed by atoms with Crippen molar-refractivity contribution in [1.29, 1.82) is 0 Å². The van der Waals surface area contributed by atoms with E-state index in [0.29, 0.717) is 48.7 Å². The molecule has 33 heavy (non-hydrogen) atoms. The summed E-state index contributed by atoms with van der Waals surface area (Å²) in [6.45, 7) is 2.85. The number of rotatable bonds is 8. The molecule has 1 fully saturated rings. The van der Waals surface area contributed by atoms with E-state index < -0.39 is 6.16 Å². The summed E-state index contributed by atoms with van der Waals surface area (Å²) in [5.74, 6) is 1.05. The van der Waals surface area contributed by atoms with E-state index in [1.54, 1.807) is 55.3 Å². The van der Waals surface area contributed by atoms with Crippen molar-refractivity contribution in [3.63, 3.8) is 0 Å². The van der Waals surface area contributed by atoms with E-state index in [1.807, 2.05) is 12.1 Å². The molecule has 0 radical (unpaired) electrons. The van der Waals surface area contributed by atoms with E-state index in [4.69, 9.17) is 18.9 Å². The lowest BCUT2D eigenvalue weighted by molar-refractivity contribution is -0.124. The summed E-state index contributed by atoms with van der Waals surface area (Å²) in [7, 11) is 1.54. The molecule has 0 spiro atoms. The van der Waals surface area contributed by atoms with Gasteiger partial charge in [0.15, 0.2) is 18.1 Å². The van der Waals surface area contributed by atoms with Crippen LogP contribution in [0.3, 0.4) is 0 Å². The number of carbonyl (C=O) groups excluding carboxylic acids is 3. The third-order valence-corrected chi connectivity index (χ3v) is 5.14. The lowest BCUT2D eigenvalue weighted by Gasteiger charge is -2.32. The maximum absolute atomic E-state index is 12.8. The zero-order valence-electron chi connectivity index (χ0n) is 18.7. The number of hydrogen-bond donors (Lipinski definition) is 1. The van der Waals surface area contributed by atoms with E-state index in [9.17, 15) is 14.4 Å². The van der Waals surface area contributed by atoms with Crippen LogP contribution in [0.4, 0.5) is 4.79 Å². The Morgan fingerprint density at radius 1 is 1.00 bits per heavy atom. The fraction of sp³-hybridized carbons (Fsp3) is 0.375. The van der Waals surface area contributed by atoms with E-state index in [2.05, 4.69) is 5.32 Å². The summed E-state index contributed by atoms with van der Waals surface area (Å²) in [6.07, 6.45) is 0.515. The fourth-order valence-corrected chi connectivity index (χ4v) is 3.47. The summed E-state index contributed by atoms with van der Waals surface area (Å²) in [5, 5.41) is 2.96. The number of methoxy groups -OCH3 is 1. The van der Waals surface area contributed by atoms with Crippen molar-refractivity contribution in [3.05, 3.63) is 54.1 Å². The van der Waals surface area contributed by atoms with Gasteiger partial charge in [0, 0.05) is 24.7 Å². The second-order valence-corrected chi connectivity index (χ2v) is 7.38. The minimum Gasteiger partial charge on any atom is -0.493 e. The first kappa shape index (κ1) is 23.9. The van der Waals surface area contributed by atoms with Crippen molar-refractivity contribution >= 4 is 18.0 Å². The Kier molecular flexibility index (Phi) is 8.51. The third-order valence-electron chi connectivity index (χ3n) is 5.14. The molecule has 0 bridgehead atoms. The van der Waals surface area contributed by atoms with E-state index in [-0.39, 0.29) is 31.1 Å². The number of nitrogens with zero attached hydrogens (tertiary/aromatic N) is 1. The molecule has 9 nitrogen and oxygen atoms in total. The molecule has 176 valence electrons. The number of para-hydroxylation sites is 2. The van der Waals surface area contributed by atoms with Crippen molar-refractivity contribution in [3.8, 4) is 17.2 Å². The Hall–Kier alpha value is -3.75. The second kappa shape index (κ2) is 11.8. The van der Waals surface area contributed by atoms with Crippen LogP contribution in [0.1, 0.15) is 30.1 Å². The van der Waals surface area contributed by atoms with Gasteiger partial charge in [0.25, 0.3) is 11.8 Å². The first-order chi connectivity index (χ1) is 16.0. The lowest BCUT2D eigenvalue weighted by Crippen LogP contribution is -2.47. The van der Waals surface area contributed by atoms with Crippen LogP contribution in [0.25, 0.3) is 0 Å². The zero-order valence-corrected chi connectivity index (χ0v) is 18.7. The number of likely N-dealkylation sites (tertiary alicyclic amines) is 1. The molecular formula is C24H28N2O7. The molecule has 2 aromatic rings. The molecule has 3 rings (SSSR count). The van der Waals surface area contributed by atoms with Crippen LogP contribution >= 0.6 is 0 Å². The smallest absolute Gasteiger partial charge is 0.493 e. The standard InChI is InChI=1S/C24H28N2O7/c1-3-31-24(29)33-19-10-8-17(9-11-19)23(28)26-14-12-18(13-15-26)25-22(27)16-32-21-7-5-4-6-20(21)30-2/h4-11,18H,3,12-16H2,1-2H3,(H,25,27). The number of amides is 2. The molecule has 1 aliphatic heterocycles. The lowest BCUT2D eigenvalue weighted by atomic mass is 10.0. The minimum atomic E-state index is -0.783. The van der Waals surface area contributed by atoms with Crippen LogP contribution in [0.15, 0.2) is 48.5 Å². The Morgan fingerprint density at radius 2 is 1.67 bits per heavy atom. The number of hydrogen-bond acceptors (Lipinski definition) is 7. The van der Waals surface area contributed by atoms with Crippen molar-refractivity contribution in [2.75, 3.05) is 33.4 Å². The normalized spacial score (nSPS) is 13.7. The van der Waals surface area contributed by atoms with Gasteiger partial charge in [-0.05, 0) is 56.2 Å². The van der Waals surface area contributed by atoms with Gasteiger partial charge in [-0.3, -0.25) is 9.59 Å². The molecule has 2 aromatic carbocycles. The quantitative estimate of drug-likeness (QED) is 0.481. The predicted octanol–water partition coefficient (Wildman–Crippen LogP) is 3.03. The number of piperidine rings is 1. The van der Waals surface area contributed by atoms with E-state index in [0.717, 1.165) is 0 Å². The van der Waals surface area contributed by atoms with Gasteiger partial charge in [0.2, 0.25) is 0 Å². The molecule has 0 aliphatic carbocycles. The van der Waals surface area contributed by atoms with Gasteiger partial charge >= 0.3 is 6.16 Å². The van der Waals surface area contributed by atoms with Gasteiger partial charge < -0.3 is 29.2 Å². The van der Waals surface area contributed by atoms with Crippen LogP contribution in [-0.2, 0) is 9.53 Å². The monoisotopic (exact) mass is 456 g/mol. The molecular weight excluding hydrogens is 428 g/mol. The summed E-state index contributed by atoms with van der Waals surface area (Å²) < 4.78 is 20.5. The zero-order chi connectivity index (χ0) is 23.6. The van der Waals surface area contributed by atoms with Crippen molar-refractivity contribution in [1.82, 2.24) is 10.2 Å². The van der Waals surface area contributed by atoms with Gasteiger partial charge in [-0.2, -0.15) is 0 Å². The first-order valence-electron chi connectivity index (χ1n) is 10.8. The van der Waals surface area contributed by atoms with Gasteiger partial charge in [0.1, 0.15) is 5.75 Å². The van der Waals surface area contributed by atoms with Crippen LogP contribution in [0.2, 0.25) is 0 Å². The van der Waals surface area contributed by atoms with Crippen LogP contribution in [0, 0.1) is 0 Å². The molecule has 1 heterocycles. The van der Waals surface area contributed by atoms with E-state index >= 15 is 0 Å². The minimum absolute atomic E-state index is 0.0248. The molecule has 2 amide bonds. The summed E-state index contributed by atoms with van der Waals surface area (Å²) in [6, 6.07) is 13.4. The largest absolute Gasteiger partial charge is 0.513 e. The summed E-state index contributed by atoms with van der Waals surface area (Å²) >= 11 is 0. The SMILES string of the molecule is CCOC(=O)Oc1ccc(C(=O)N2CCC(NC(=O)COc3ccccc3OC)CC2)cc1. The highest BCUT2D eigenvalue weighted by Crippen LogP contribution is 2.25. The van der Waals surface area contributed by atoms with Gasteiger partial charge in [-0.25, -0.2) is 4.79 Å². The number of ether oxygens (including phenoxy) is 4. The maximum atomic E-state index is 12.8. The Bertz CT molecular complexity index is 954. The molecule has 0 saturated carbocycles. The highest BCUT2D eigenvalue weighted by atomic mass is 16.7. The average Bonchev–Trinajstić information content (AvgIpc) is 2.83. The Morgan fingerprint density at radius 3 is 2.30 bits per heavy atom. The van der Waals surface area contributed by atoms with Crippen molar-refractivity contribution < 1.29 is 33.3 Å². The number of benzene rings is 2. The molecule has 0 atom stereocenters. The van der Waals surface area contributed by atoms with Crippen LogP contribution < -0.4 is 19.5 Å². The number of nitrogens with one attached hydrogen (secondary N) is 1. The predicted molar refractivity (Wildman–Crippen MR) is 120 cm³/mol. The number of carbonyl (C=O) groups is 3. The third kappa shape index (κ3) is 6.86. The van der Waals surface area contributed by atoms with Gasteiger partial charge in [0.05, 0.1) is 13.7 Å². The molecule has 1 saturated heterocycles. The van der Waals surface area contributed by atoms with Crippen LogP contribution in [-0.4, -0.2) is 62.3 Å². The highest BCUT2D eigenvalue weighted by Gasteiger charge is 2.25. The van der Waals surface area contributed by atoms with Gasteiger partial charge in [-0.1, -0.05) is 12.1 Å². The Balaban J connectivity index is 1.43. The maximum Gasteiger partial charge on any atom is 0.513 e. The van der Waals surface area contributed by atoms with Crippen LogP contribution in [0.5, 0.6) is 17.2 Å².